The lowest BCUT2D eigenvalue weighted by Gasteiger charge is -2.42. The number of aryl methyl sites for hydroxylation is 1. The third kappa shape index (κ3) is 3.80. The summed E-state index contributed by atoms with van der Waals surface area (Å²) < 4.78 is 19.8. The first-order valence-corrected chi connectivity index (χ1v) is 8.23. The molecule has 2 heterocycles. The summed E-state index contributed by atoms with van der Waals surface area (Å²) in [5.41, 5.74) is 2.12. The first-order valence-electron chi connectivity index (χ1n) is 8.23. The van der Waals surface area contributed by atoms with E-state index in [0.717, 1.165) is 5.56 Å². The number of halogens is 1. The van der Waals surface area contributed by atoms with Crippen LogP contribution < -0.4 is 0 Å². The highest BCUT2D eigenvalue weighted by molar-refractivity contribution is 5.27. The maximum Gasteiger partial charge on any atom is 0.146 e. The van der Waals surface area contributed by atoms with Gasteiger partial charge < -0.3 is 9.84 Å². The molecule has 3 rings (SSSR count). The van der Waals surface area contributed by atoms with E-state index < -0.39 is 5.60 Å². The van der Waals surface area contributed by atoms with Crippen molar-refractivity contribution in [2.45, 2.75) is 25.5 Å². The molecule has 0 aliphatic carbocycles. The zero-order chi connectivity index (χ0) is 17.0. The van der Waals surface area contributed by atoms with E-state index in [4.69, 9.17) is 4.74 Å². The van der Waals surface area contributed by atoms with Crippen LogP contribution in [0.15, 0.2) is 42.6 Å². The number of morpholine rings is 1. The average Bonchev–Trinajstić information content (AvgIpc) is 2.59. The Morgan fingerprint density at radius 2 is 2.12 bits per heavy atom. The Morgan fingerprint density at radius 1 is 1.29 bits per heavy atom. The SMILES string of the molecule is Cc1ccccc1C[C@@]1(CO)CN(Cc2ncccc2F)CCO1. The molecule has 1 fully saturated rings. The Balaban J connectivity index is 1.74. The van der Waals surface area contributed by atoms with Crippen molar-refractivity contribution in [2.24, 2.45) is 0 Å². The van der Waals surface area contributed by atoms with Crippen molar-refractivity contribution < 1.29 is 14.2 Å². The summed E-state index contributed by atoms with van der Waals surface area (Å²) in [5, 5.41) is 9.99. The zero-order valence-corrected chi connectivity index (χ0v) is 13.9. The molecule has 1 aliphatic rings. The van der Waals surface area contributed by atoms with Gasteiger partial charge in [0, 0.05) is 32.3 Å². The van der Waals surface area contributed by atoms with E-state index in [1.54, 1.807) is 12.3 Å². The van der Waals surface area contributed by atoms with Crippen LogP contribution in [0, 0.1) is 12.7 Å². The maximum absolute atomic E-state index is 13.8. The maximum atomic E-state index is 13.8. The van der Waals surface area contributed by atoms with Gasteiger partial charge in [0.2, 0.25) is 0 Å². The molecule has 0 bridgehead atoms. The van der Waals surface area contributed by atoms with Crippen molar-refractivity contribution in [3.8, 4) is 0 Å². The number of rotatable bonds is 5. The van der Waals surface area contributed by atoms with Gasteiger partial charge in [-0.2, -0.15) is 0 Å². The van der Waals surface area contributed by atoms with Gasteiger partial charge in [0.1, 0.15) is 11.4 Å². The lowest BCUT2D eigenvalue weighted by molar-refractivity contribution is -0.134. The summed E-state index contributed by atoms with van der Waals surface area (Å²) in [4.78, 5) is 6.22. The number of benzene rings is 1. The monoisotopic (exact) mass is 330 g/mol. The number of ether oxygens (including phenoxy) is 1. The summed E-state index contributed by atoms with van der Waals surface area (Å²) in [6.07, 6.45) is 2.24. The summed E-state index contributed by atoms with van der Waals surface area (Å²) >= 11 is 0. The van der Waals surface area contributed by atoms with Crippen molar-refractivity contribution in [3.63, 3.8) is 0 Å². The van der Waals surface area contributed by atoms with Crippen LogP contribution in [0.1, 0.15) is 16.8 Å². The van der Waals surface area contributed by atoms with Crippen molar-refractivity contribution in [3.05, 3.63) is 65.2 Å². The number of aromatic nitrogens is 1. The number of aliphatic hydroxyl groups is 1. The molecule has 1 aromatic heterocycles. The molecule has 1 N–H and O–H groups in total. The first-order chi connectivity index (χ1) is 11.6. The number of pyridine rings is 1. The topological polar surface area (TPSA) is 45.6 Å². The fraction of sp³-hybridized carbons (Fsp3) is 0.421. The predicted molar refractivity (Wildman–Crippen MR) is 90.1 cm³/mol. The molecule has 0 spiro atoms. The molecule has 0 radical (unpaired) electrons. The van der Waals surface area contributed by atoms with Crippen molar-refractivity contribution in [1.29, 1.82) is 0 Å². The van der Waals surface area contributed by atoms with E-state index in [-0.39, 0.29) is 12.4 Å². The molecule has 4 nitrogen and oxygen atoms in total. The van der Waals surface area contributed by atoms with Crippen LogP contribution in [-0.2, 0) is 17.7 Å². The lowest BCUT2D eigenvalue weighted by atomic mass is 9.91. The van der Waals surface area contributed by atoms with Gasteiger partial charge in [-0.3, -0.25) is 9.88 Å². The Morgan fingerprint density at radius 3 is 2.88 bits per heavy atom. The van der Waals surface area contributed by atoms with Crippen molar-refractivity contribution in [1.82, 2.24) is 9.88 Å². The minimum absolute atomic E-state index is 0.0669. The highest BCUT2D eigenvalue weighted by Gasteiger charge is 2.37. The second-order valence-electron chi connectivity index (χ2n) is 6.44. The van der Waals surface area contributed by atoms with Crippen LogP contribution >= 0.6 is 0 Å². The van der Waals surface area contributed by atoms with Gasteiger partial charge in [-0.25, -0.2) is 4.39 Å². The molecule has 1 aromatic carbocycles. The number of hydrogen-bond acceptors (Lipinski definition) is 4. The number of hydrogen-bond donors (Lipinski definition) is 1. The lowest BCUT2D eigenvalue weighted by Crippen LogP contribution is -2.55. The van der Waals surface area contributed by atoms with Gasteiger partial charge in [-0.05, 0) is 30.2 Å². The Bertz CT molecular complexity index is 695. The molecule has 0 saturated carbocycles. The molecule has 1 saturated heterocycles. The van der Waals surface area contributed by atoms with Gasteiger partial charge in [0.15, 0.2) is 0 Å². The van der Waals surface area contributed by atoms with Crippen LogP contribution in [0.3, 0.4) is 0 Å². The number of aliphatic hydroxyl groups excluding tert-OH is 1. The fourth-order valence-corrected chi connectivity index (χ4v) is 3.22. The third-order valence-corrected chi connectivity index (χ3v) is 4.60. The second kappa shape index (κ2) is 7.38. The van der Waals surface area contributed by atoms with Gasteiger partial charge in [-0.1, -0.05) is 24.3 Å². The van der Waals surface area contributed by atoms with Crippen LogP contribution in [0.5, 0.6) is 0 Å². The fourth-order valence-electron chi connectivity index (χ4n) is 3.22. The van der Waals surface area contributed by atoms with Gasteiger partial charge >= 0.3 is 0 Å². The van der Waals surface area contributed by atoms with E-state index in [0.29, 0.717) is 38.4 Å². The summed E-state index contributed by atoms with van der Waals surface area (Å²) in [7, 11) is 0. The molecule has 5 heteroatoms. The Labute approximate surface area is 141 Å². The Kier molecular flexibility index (Phi) is 5.23. The van der Waals surface area contributed by atoms with Crippen molar-refractivity contribution >= 4 is 0 Å². The predicted octanol–water partition coefficient (Wildman–Crippen LogP) is 2.34. The van der Waals surface area contributed by atoms with Crippen LogP contribution in [0.4, 0.5) is 4.39 Å². The molecule has 1 atom stereocenters. The average molecular weight is 330 g/mol. The summed E-state index contributed by atoms with van der Waals surface area (Å²) in [6.45, 7) is 4.18. The van der Waals surface area contributed by atoms with E-state index in [2.05, 4.69) is 28.9 Å². The van der Waals surface area contributed by atoms with E-state index >= 15 is 0 Å². The molecule has 128 valence electrons. The minimum atomic E-state index is -0.657. The van der Waals surface area contributed by atoms with Crippen LogP contribution in [0.25, 0.3) is 0 Å². The van der Waals surface area contributed by atoms with Crippen molar-refractivity contribution in [2.75, 3.05) is 26.3 Å². The molecular formula is C19H23FN2O2. The minimum Gasteiger partial charge on any atom is -0.393 e. The highest BCUT2D eigenvalue weighted by atomic mass is 19.1. The standard InChI is InChI=1S/C19H23FN2O2/c1-15-5-2-3-6-16(15)11-19(14-23)13-22(9-10-24-19)12-18-17(20)7-4-8-21-18/h2-8,23H,9-14H2,1H3/t19-/m0/s1. The number of nitrogens with zero attached hydrogens (tertiary/aromatic N) is 2. The molecule has 1 aliphatic heterocycles. The van der Waals surface area contributed by atoms with Gasteiger partial charge in [-0.15, -0.1) is 0 Å². The largest absolute Gasteiger partial charge is 0.393 e. The third-order valence-electron chi connectivity index (χ3n) is 4.60. The van der Waals surface area contributed by atoms with Gasteiger partial charge in [0.05, 0.1) is 18.9 Å². The van der Waals surface area contributed by atoms with Gasteiger partial charge in [0.25, 0.3) is 0 Å². The smallest absolute Gasteiger partial charge is 0.146 e. The highest BCUT2D eigenvalue weighted by Crippen LogP contribution is 2.25. The zero-order valence-electron chi connectivity index (χ0n) is 13.9. The second-order valence-corrected chi connectivity index (χ2v) is 6.44. The molecular weight excluding hydrogens is 307 g/mol. The summed E-state index contributed by atoms with van der Waals surface area (Å²) in [5.74, 6) is -0.294. The van der Waals surface area contributed by atoms with E-state index in [1.165, 1.54) is 11.6 Å². The van der Waals surface area contributed by atoms with Crippen LogP contribution in [0.2, 0.25) is 0 Å². The van der Waals surface area contributed by atoms with Crippen LogP contribution in [-0.4, -0.2) is 46.9 Å². The van der Waals surface area contributed by atoms with E-state index in [1.807, 2.05) is 12.1 Å². The molecule has 2 aromatic rings. The van der Waals surface area contributed by atoms with E-state index in [9.17, 15) is 9.50 Å². The normalized spacial score (nSPS) is 21.8. The summed E-state index contributed by atoms with van der Waals surface area (Å²) in [6, 6.07) is 11.1. The first kappa shape index (κ1) is 17.0. The molecule has 0 unspecified atom stereocenters. The Hall–Kier alpha value is -1.82. The molecule has 0 amide bonds. The molecule has 24 heavy (non-hydrogen) atoms. The quantitative estimate of drug-likeness (QED) is 0.914.